The van der Waals surface area contributed by atoms with Gasteiger partial charge in [-0.3, -0.25) is 14.9 Å². The van der Waals surface area contributed by atoms with Crippen LogP contribution in [0.5, 0.6) is 0 Å². The van der Waals surface area contributed by atoms with E-state index in [9.17, 15) is 9.59 Å². The van der Waals surface area contributed by atoms with E-state index in [0.717, 1.165) is 28.1 Å². The van der Waals surface area contributed by atoms with Gasteiger partial charge in [0.05, 0.1) is 25.1 Å². The van der Waals surface area contributed by atoms with Crippen molar-refractivity contribution >= 4 is 23.3 Å². The standard InChI is InChI=1S/C44H45N3O4/c1-44(2,3)51-43(49)38-35(36(42(48)50-4)37(45-38)30-20-10-5-11-21-30)41-46(33-26-16-8-17-27-33)39(31-22-12-6-13-23-31)40(32-24-14-7-15-25-32)47(41)34-28-18-9-19-29-34/h5-29,35-41,45H,1-4H3/t35-,36-,37-,38-,39+,40+/m0/s1. The van der Waals surface area contributed by atoms with Gasteiger partial charge in [0.25, 0.3) is 0 Å². The zero-order chi connectivity index (χ0) is 35.5. The molecule has 0 unspecified atom stereocenters. The van der Waals surface area contributed by atoms with E-state index in [1.54, 1.807) is 0 Å². The molecule has 0 saturated carbocycles. The van der Waals surface area contributed by atoms with E-state index in [-0.39, 0.29) is 18.1 Å². The summed E-state index contributed by atoms with van der Waals surface area (Å²) in [5.74, 6) is -2.16. The number of carbonyl (C=O) groups excluding carboxylic acids is 2. The zero-order valence-electron chi connectivity index (χ0n) is 29.5. The second-order valence-corrected chi connectivity index (χ2v) is 14.3. The maximum Gasteiger partial charge on any atom is 0.324 e. The molecule has 0 aliphatic carbocycles. The van der Waals surface area contributed by atoms with E-state index in [1.807, 2.05) is 99.6 Å². The molecular weight excluding hydrogens is 635 g/mol. The van der Waals surface area contributed by atoms with E-state index in [0.29, 0.717) is 0 Å². The smallest absolute Gasteiger partial charge is 0.324 e. The molecule has 51 heavy (non-hydrogen) atoms. The topological polar surface area (TPSA) is 71.1 Å². The first-order chi connectivity index (χ1) is 24.8. The minimum Gasteiger partial charge on any atom is -0.469 e. The highest BCUT2D eigenvalue weighted by molar-refractivity contribution is 5.83. The molecule has 6 atom stereocenters. The lowest BCUT2D eigenvalue weighted by Gasteiger charge is -2.42. The number of nitrogens with one attached hydrogen (secondary N) is 1. The Bertz CT molecular complexity index is 1810. The molecule has 1 N–H and O–H groups in total. The van der Waals surface area contributed by atoms with Crippen molar-refractivity contribution < 1.29 is 19.1 Å². The van der Waals surface area contributed by atoms with Crippen LogP contribution in [-0.2, 0) is 19.1 Å². The first-order valence-electron chi connectivity index (χ1n) is 17.6. The van der Waals surface area contributed by atoms with Crippen molar-refractivity contribution in [3.8, 4) is 0 Å². The third-order valence-electron chi connectivity index (χ3n) is 10.0. The molecule has 7 heteroatoms. The van der Waals surface area contributed by atoms with Crippen molar-refractivity contribution in [3.63, 3.8) is 0 Å². The minimum atomic E-state index is -0.855. The summed E-state index contributed by atoms with van der Waals surface area (Å²) in [5.41, 5.74) is 4.34. The van der Waals surface area contributed by atoms with E-state index in [2.05, 4.69) is 87.9 Å². The number of benzene rings is 5. The molecule has 0 radical (unpaired) electrons. The molecule has 5 aromatic carbocycles. The second-order valence-electron chi connectivity index (χ2n) is 14.3. The molecule has 0 amide bonds. The van der Waals surface area contributed by atoms with Gasteiger partial charge in [0, 0.05) is 23.3 Å². The van der Waals surface area contributed by atoms with Crippen LogP contribution >= 0.6 is 0 Å². The monoisotopic (exact) mass is 679 g/mol. The lowest BCUT2D eigenvalue weighted by atomic mass is 9.81. The number of nitrogens with zero attached hydrogens (tertiary/aromatic N) is 2. The molecule has 0 bridgehead atoms. The van der Waals surface area contributed by atoms with Crippen LogP contribution in [0, 0.1) is 11.8 Å². The summed E-state index contributed by atoms with van der Waals surface area (Å²) in [6.45, 7) is 5.63. The highest BCUT2D eigenvalue weighted by Crippen LogP contribution is 2.56. The summed E-state index contributed by atoms with van der Waals surface area (Å²) >= 11 is 0. The van der Waals surface area contributed by atoms with Crippen molar-refractivity contribution in [2.45, 2.75) is 56.7 Å². The maximum absolute atomic E-state index is 14.6. The second kappa shape index (κ2) is 14.4. The van der Waals surface area contributed by atoms with Crippen LogP contribution in [0.4, 0.5) is 11.4 Å². The van der Waals surface area contributed by atoms with Crippen molar-refractivity contribution in [1.82, 2.24) is 5.32 Å². The van der Waals surface area contributed by atoms with Crippen LogP contribution in [0.2, 0.25) is 0 Å². The molecule has 2 fully saturated rings. The van der Waals surface area contributed by atoms with Crippen LogP contribution in [0.1, 0.15) is 55.6 Å². The summed E-state index contributed by atoms with van der Waals surface area (Å²) in [5, 5.41) is 3.65. The van der Waals surface area contributed by atoms with Gasteiger partial charge in [-0.25, -0.2) is 0 Å². The molecule has 2 aliphatic rings. The quantitative estimate of drug-likeness (QED) is 0.166. The van der Waals surface area contributed by atoms with Crippen molar-refractivity contribution in [1.29, 1.82) is 0 Å². The highest BCUT2D eigenvalue weighted by atomic mass is 16.6. The van der Waals surface area contributed by atoms with Crippen molar-refractivity contribution in [2.75, 3.05) is 16.9 Å². The molecular formula is C44H45N3O4. The van der Waals surface area contributed by atoms with Gasteiger partial charge in [0.1, 0.15) is 17.8 Å². The van der Waals surface area contributed by atoms with E-state index in [1.165, 1.54) is 7.11 Å². The molecule has 5 aromatic rings. The molecule has 2 heterocycles. The van der Waals surface area contributed by atoms with Gasteiger partial charge in [-0.1, -0.05) is 127 Å². The molecule has 0 aromatic heterocycles. The van der Waals surface area contributed by atoms with Crippen LogP contribution in [0.15, 0.2) is 152 Å². The Morgan fingerprint density at radius 1 is 0.569 bits per heavy atom. The lowest BCUT2D eigenvalue weighted by Crippen LogP contribution is -2.54. The van der Waals surface area contributed by atoms with Crippen LogP contribution < -0.4 is 15.1 Å². The Morgan fingerprint density at radius 3 is 1.35 bits per heavy atom. The number of carbonyl (C=O) groups is 2. The fourth-order valence-electron chi connectivity index (χ4n) is 8.13. The van der Waals surface area contributed by atoms with Gasteiger partial charge in [-0.05, 0) is 61.7 Å². The van der Waals surface area contributed by atoms with Crippen LogP contribution in [-0.4, -0.2) is 36.9 Å². The minimum absolute atomic E-state index is 0.213. The molecule has 0 spiro atoms. The van der Waals surface area contributed by atoms with Crippen LogP contribution in [0.3, 0.4) is 0 Å². The summed E-state index contributed by atoms with van der Waals surface area (Å²) in [7, 11) is 1.43. The fraction of sp³-hybridized carbons (Fsp3) is 0.273. The first-order valence-corrected chi connectivity index (χ1v) is 17.6. The van der Waals surface area contributed by atoms with Gasteiger partial charge < -0.3 is 19.3 Å². The Balaban J connectivity index is 1.54. The number of hydrogen-bond acceptors (Lipinski definition) is 7. The summed E-state index contributed by atoms with van der Waals surface area (Å²) < 4.78 is 11.8. The normalized spacial score (nSPS) is 23.6. The fourth-order valence-corrected chi connectivity index (χ4v) is 8.13. The maximum atomic E-state index is 14.6. The SMILES string of the molecule is COC(=O)[C@H]1[C@H](C2N(c3ccccc3)[C@H](c3ccccc3)[C@@H](c3ccccc3)N2c2ccccc2)[C@@H](C(=O)OC(C)(C)C)N[C@H]1c1ccccc1. The number of rotatable bonds is 8. The van der Waals surface area contributed by atoms with Gasteiger partial charge in [-0.2, -0.15) is 0 Å². The Morgan fingerprint density at radius 2 is 0.961 bits per heavy atom. The van der Waals surface area contributed by atoms with E-state index >= 15 is 0 Å². The van der Waals surface area contributed by atoms with Crippen LogP contribution in [0.25, 0.3) is 0 Å². The Labute approximate surface area is 300 Å². The highest BCUT2D eigenvalue weighted by Gasteiger charge is 2.62. The lowest BCUT2D eigenvalue weighted by molar-refractivity contribution is -0.159. The van der Waals surface area contributed by atoms with E-state index in [4.69, 9.17) is 9.47 Å². The average molecular weight is 680 g/mol. The molecule has 2 saturated heterocycles. The number of anilines is 2. The van der Waals surface area contributed by atoms with Gasteiger partial charge >= 0.3 is 11.9 Å². The van der Waals surface area contributed by atoms with Gasteiger partial charge in [0.15, 0.2) is 0 Å². The first kappa shape index (κ1) is 34.1. The largest absolute Gasteiger partial charge is 0.469 e. The Hall–Kier alpha value is -5.40. The number of methoxy groups -OCH3 is 1. The van der Waals surface area contributed by atoms with E-state index < -0.39 is 41.7 Å². The van der Waals surface area contributed by atoms with Gasteiger partial charge in [0.2, 0.25) is 0 Å². The third kappa shape index (κ3) is 6.74. The predicted octanol–water partition coefficient (Wildman–Crippen LogP) is 8.28. The predicted molar refractivity (Wildman–Crippen MR) is 201 cm³/mol. The molecule has 7 rings (SSSR count). The van der Waals surface area contributed by atoms with Crippen molar-refractivity contribution in [3.05, 3.63) is 168 Å². The van der Waals surface area contributed by atoms with Crippen molar-refractivity contribution in [2.24, 2.45) is 11.8 Å². The number of esters is 2. The average Bonchev–Trinajstić information content (AvgIpc) is 3.73. The number of ether oxygens (including phenoxy) is 2. The summed E-state index contributed by atoms with van der Waals surface area (Å²) in [6, 6.07) is 49.8. The molecule has 260 valence electrons. The summed E-state index contributed by atoms with van der Waals surface area (Å²) in [6.07, 6.45) is -0.520. The Kier molecular flexibility index (Phi) is 9.65. The summed E-state index contributed by atoms with van der Waals surface area (Å²) in [4.78, 5) is 33.8. The number of hydrogen-bond donors (Lipinski definition) is 1. The molecule has 2 aliphatic heterocycles. The van der Waals surface area contributed by atoms with Gasteiger partial charge in [-0.15, -0.1) is 0 Å². The number of para-hydroxylation sites is 2. The third-order valence-corrected chi connectivity index (χ3v) is 10.0. The zero-order valence-corrected chi connectivity index (χ0v) is 29.5. The molecule has 7 nitrogen and oxygen atoms in total.